The Morgan fingerprint density at radius 1 is 1.47 bits per heavy atom. The van der Waals surface area contributed by atoms with Gasteiger partial charge in [0, 0.05) is 25.5 Å². The lowest BCUT2D eigenvalue weighted by molar-refractivity contribution is -0.124. The van der Waals surface area contributed by atoms with Gasteiger partial charge < -0.3 is 10.1 Å². The van der Waals surface area contributed by atoms with Crippen molar-refractivity contribution in [1.82, 2.24) is 5.32 Å². The third kappa shape index (κ3) is 5.26. The van der Waals surface area contributed by atoms with Crippen molar-refractivity contribution in [2.24, 2.45) is 11.3 Å². The molecular formula is C13H24ClNO2. The molecule has 1 aliphatic carbocycles. The van der Waals surface area contributed by atoms with Gasteiger partial charge in [0.15, 0.2) is 0 Å². The van der Waals surface area contributed by atoms with Gasteiger partial charge in [0.25, 0.3) is 0 Å². The van der Waals surface area contributed by atoms with Crippen molar-refractivity contribution in [3.05, 3.63) is 0 Å². The van der Waals surface area contributed by atoms with Crippen molar-refractivity contribution >= 4 is 17.5 Å². The summed E-state index contributed by atoms with van der Waals surface area (Å²) in [6.45, 7) is 7.53. The lowest BCUT2D eigenvalue weighted by atomic mass is 9.80. The molecule has 100 valence electrons. The molecule has 3 nitrogen and oxygen atoms in total. The monoisotopic (exact) mass is 261 g/mol. The molecule has 0 unspecified atom stereocenters. The second-order valence-electron chi connectivity index (χ2n) is 5.69. The summed E-state index contributed by atoms with van der Waals surface area (Å²) in [4.78, 5) is 11.7. The maximum atomic E-state index is 11.7. The number of nitrogens with one attached hydrogen (secondary N) is 1. The molecule has 1 fully saturated rings. The summed E-state index contributed by atoms with van der Waals surface area (Å²) in [5.74, 6) is 1.21. The highest BCUT2D eigenvalue weighted by atomic mass is 35.5. The van der Waals surface area contributed by atoms with E-state index in [9.17, 15) is 4.79 Å². The van der Waals surface area contributed by atoms with E-state index in [-0.39, 0.29) is 11.3 Å². The molecule has 0 saturated heterocycles. The Bertz CT molecular complexity index is 250. The zero-order valence-electron chi connectivity index (χ0n) is 11.1. The van der Waals surface area contributed by atoms with Crippen LogP contribution in [0.4, 0.5) is 0 Å². The maximum absolute atomic E-state index is 11.7. The highest BCUT2D eigenvalue weighted by molar-refractivity contribution is 6.18. The Hall–Kier alpha value is -0.280. The Balaban J connectivity index is 2.11. The fraction of sp³-hybridized carbons (Fsp3) is 0.923. The molecule has 0 radical (unpaired) electrons. The van der Waals surface area contributed by atoms with E-state index < -0.39 is 0 Å². The first-order chi connectivity index (χ1) is 7.96. The second-order valence-corrected chi connectivity index (χ2v) is 5.96. The van der Waals surface area contributed by atoms with Crippen molar-refractivity contribution < 1.29 is 9.53 Å². The van der Waals surface area contributed by atoms with E-state index in [0.717, 1.165) is 19.4 Å². The highest BCUT2D eigenvalue weighted by Gasteiger charge is 2.31. The number of amides is 1. The molecule has 1 amide bonds. The van der Waals surface area contributed by atoms with Crippen molar-refractivity contribution in [3.63, 3.8) is 0 Å². The summed E-state index contributed by atoms with van der Waals surface area (Å²) in [6.07, 6.45) is 3.07. The number of carbonyl (C=O) groups excluding carboxylic acids is 1. The molecule has 4 heteroatoms. The van der Waals surface area contributed by atoms with Crippen molar-refractivity contribution in [3.8, 4) is 0 Å². The highest BCUT2D eigenvalue weighted by Crippen LogP contribution is 2.32. The van der Waals surface area contributed by atoms with Gasteiger partial charge in [-0.1, -0.05) is 13.8 Å². The predicted octanol–water partition coefficient (Wildman–Crippen LogP) is 2.57. The molecule has 0 bridgehead atoms. The van der Waals surface area contributed by atoms with Crippen molar-refractivity contribution in [2.75, 3.05) is 19.0 Å². The predicted molar refractivity (Wildman–Crippen MR) is 70.3 cm³/mol. The van der Waals surface area contributed by atoms with Crippen molar-refractivity contribution in [1.29, 1.82) is 0 Å². The number of carbonyl (C=O) groups is 1. The van der Waals surface area contributed by atoms with Crippen LogP contribution in [0.5, 0.6) is 0 Å². The Kier molecular flexibility index (Phi) is 5.74. The lowest BCUT2D eigenvalue weighted by Crippen LogP contribution is -2.39. The van der Waals surface area contributed by atoms with Gasteiger partial charge in [0.2, 0.25) is 5.91 Å². The molecule has 0 aromatic rings. The molecule has 0 heterocycles. The summed E-state index contributed by atoms with van der Waals surface area (Å²) in [5, 5.41) is 2.96. The van der Waals surface area contributed by atoms with Crippen molar-refractivity contribution in [2.45, 2.75) is 46.1 Å². The van der Waals surface area contributed by atoms with Gasteiger partial charge in [0.05, 0.1) is 6.10 Å². The van der Waals surface area contributed by atoms with Crippen LogP contribution < -0.4 is 5.32 Å². The van der Waals surface area contributed by atoms with Crippen LogP contribution in [0, 0.1) is 11.3 Å². The molecule has 17 heavy (non-hydrogen) atoms. The third-order valence-electron chi connectivity index (χ3n) is 3.19. The number of rotatable bonds is 7. The molecular weight excluding hydrogens is 238 g/mol. The number of alkyl halides is 1. The Morgan fingerprint density at radius 2 is 2.12 bits per heavy atom. The van der Waals surface area contributed by atoms with Crippen LogP contribution in [0.2, 0.25) is 0 Å². The van der Waals surface area contributed by atoms with Crippen LogP contribution in [0.1, 0.15) is 40.0 Å². The first-order valence-corrected chi connectivity index (χ1v) is 6.94. The summed E-state index contributed by atoms with van der Waals surface area (Å²) >= 11 is 5.81. The summed E-state index contributed by atoms with van der Waals surface area (Å²) in [5.41, 5.74) is -0.0231. The minimum absolute atomic E-state index is 0.0231. The number of hydrogen-bond acceptors (Lipinski definition) is 2. The largest absolute Gasteiger partial charge is 0.378 e. The van der Waals surface area contributed by atoms with E-state index >= 15 is 0 Å². The number of halogens is 1. The molecule has 1 N–H and O–H groups in total. The summed E-state index contributed by atoms with van der Waals surface area (Å²) in [7, 11) is 0. The zero-order valence-corrected chi connectivity index (χ0v) is 11.8. The first-order valence-electron chi connectivity index (χ1n) is 6.41. The average Bonchev–Trinajstić information content (AvgIpc) is 2.24. The summed E-state index contributed by atoms with van der Waals surface area (Å²) < 4.78 is 5.47. The molecule has 0 atom stereocenters. The van der Waals surface area contributed by atoms with E-state index in [1.54, 1.807) is 0 Å². The molecule has 0 spiro atoms. The molecule has 1 aliphatic rings. The fourth-order valence-corrected chi connectivity index (χ4v) is 2.03. The Labute approximate surface area is 109 Å². The molecule has 0 aromatic carbocycles. The van der Waals surface area contributed by atoms with Gasteiger partial charge in [-0.3, -0.25) is 4.79 Å². The van der Waals surface area contributed by atoms with E-state index in [1.165, 1.54) is 0 Å². The molecule has 0 aliphatic heterocycles. The minimum atomic E-state index is -0.0231. The molecule has 1 rings (SSSR count). The van der Waals surface area contributed by atoms with Gasteiger partial charge in [-0.05, 0) is 31.1 Å². The van der Waals surface area contributed by atoms with Gasteiger partial charge >= 0.3 is 0 Å². The van der Waals surface area contributed by atoms with Crippen LogP contribution in [-0.2, 0) is 9.53 Å². The standard InChI is InChI=1S/C13H24ClNO2/c1-4-17-11-5-10(6-11)7-12(16)15-9-13(2,3)8-14/h10-11H,4-9H2,1-3H3,(H,15,16). The van der Waals surface area contributed by atoms with E-state index in [4.69, 9.17) is 16.3 Å². The third-order valence-corrected chi connectivity index (χ3v) is 3.92. The fourth-order valence-electron chi connectivity index (χ4n) is 1.93. The molecule has 0 aromatic heterocycles. The SMILES string of the molecule is CCOC1CC(CC(=O)NCC(C)(C)CCl)C1. The zero-order chi connectivity index (χ0) is 12.9. The lowest BCUT2D eigenvalue weighted by Gasteiger charge is -2.34. The van der Waals surface area contributed by atoms with Gasteiger partial charge in [-0.2, -0.15) is 0 Å². The first kappa shape index (κ1) is 14.8. The van der Waals surface area contributed by atoms with E-state index in [1.807, 2.05) is 6.92 Å². The molecule has 1 saturated carbocycles. The smallest absolute Gasteiger partial charge is 0.220 e. The number of hydrogen-bond donors (Lipinski definition) is 1. The minimum Gasteiger partial charge on any atom is -0.378 e. The van der Waals surface area contributed by atoms with Crippen LogP contribution in [0.3, 0.4) is 0 Å². The van der Waals surface area contributed by atoms with Crippen LogP contribution >= 0.6 is 11.6 Å². The van der Waals surface area contributed by atoms with Gasteiger partial charge in [-0.15, -0.1) is 11.6 Å². The number of ether oxygens (including phenoxy) is 1. The van der Waals surface area contributed by atoms with Crippen LogP contribution in [0.15, 0.2) is 0 Å². The average molecular weight is 262 g/mol. The second kappa shape index (κ2) is 6.60. The van der Waals surface area contributed by atoms with Gasteiger partial charge in [0.1, 0.15) is 0 Å². The quantitative estimate of drug-likeness (QED) is 0.716. The van der Waals surface area contributed by atoms with E-state index in [0.29, 0.717) is 30.9 Å². The van der Waals surface area contributed by atoms with E-state index in [2.05, 4.69) is 19.2 Å². The van der Waals surface area contributed by atoms with Crippen LogP contribution in [-0.4, -0.2) is 31.0 Å². The normalized spacial score (nSPS) is 24.2. The topological polar surface area (TPSA) is 38.3 Å². The summed E-state index contributed by atoms with van der Waals surface area (Å²) in [6, 6.07) is 0. The van der Waals surface area contributed by atoms with Gasteiger partial charge in [-0.25, -0.2) is 0 Å². The van der Waals surface area contributed by atoms with Crippen LogP contribution in [0.25, 0.3) is 0 Å². The maximum Gasteiger partial charge on any atom is 0.220 e. The Morgan fingerprint density at radius 3 is 2.65 bits per heavy atom.